The Morgan fingerprint density at radius 3 is 2.86 bits per heavy atom. The van der Waals surface area contributed by atoms with Crippen molar-refractivity contribution in [3.8, 4) is 10.4 Å². The highest BCUT2D eigenvalue weighted by molar-refractivity contribution is 7.99. The zero-order valence-corrected chi connectivity index (χ0v) is 17.6. The SMILES string of the molecule is C=CCn1c(SCC(=O)c2cccn2C)nc2scc(-c3cccs3)c2c1=O. The molecule has 0 unspecified atom stereocenters. The minimum Gasteiger partial charge on any atom is -0.348 e. The van der Waals surface area contributed by atoms with Crippen molar-refractivity contribution in [3.05, 3.63) is 69.9 Å². The molecule has 0 N–H and O–H groups in total. The van der Waals surface area contributed by atoms with Gasteiger partial charge in [0.05, 0.1) is 16.8 Å². The van der Waals surface area contributed by atoms with Gasteiger partial charge in [-0.15, -0.1) is 29.3 Å². The lowest BCUT2D eigenvalue weighted by Crippen LogP contribution is -2.23. The first-order valence-corrected chi connectivity index (χ1v) is 11.3. The van der Waals surface area contributed by atoms with Crippen LogP contribution in [0.15, 0.2) is 63.8 Å². The summed E-state index contributed by atoms with van der Waals surface area (Å²) in [5.74, 6) is 0.221. The Morgan fingerprint density at radius 2 is 2.18 bits per heavy atom. The number of aromatic nitrogens is 3. The number of thiophene rings is 2. The highest BCUT2D eigenvalue weighted by Crippen LogP contribution is 2.34. The Balaban J connectivity index is 1.73. The number of rotatable bonds is 7. The number of thioether (sulfide) groups is 1. The third-order valence-corrected chi connectivity index (χ3v) is 7.07. The molecule has 4 aromatic heterocycles. The van der Waals surface area contributed by atoms with Crippen LogP contribution >= 0.6 is 34.4 Å². The summed E-state index contributed by atoms with van der Waals surface area (Å²) in [7, 11) is 1.84. The molecule has 0 saturated carbocycles. The summed E-state index contributed by atoms with van der Waals surface area (Å²) in [5.41, 5.74) is 1.47. The molecule has 0 aliphatic rings. The van der Waals surface area contributed by atoms with E-state index in [0.29, 0.717) is 27.6 Å². The van der Waals surface area contributed by atoms with Crippen LogP contribution in [0.25, 0.3) is 20.7 Å². The number of carbonyl (C=O) groups excluding carboxylic acids is 1. The molecule has 28 heavy (non-hydrogen) atoms. The Labute approximate surface area is 174 Å². The van der Waals surface area contributed by atoms with E-state index in [1.54, 1.807) is 32.6 Å². The first kappa shape index (κ1) is 18.9. The molecular weight excluding hydrogens is 410 g/mol. The number of aryl methyl sites for hydroxylation is 1. The molecule has 4 rings (SSSR count). The van der Waals surface area contributed by atoms with E-state index in [2.05, 4.69) is 6.58 Å². The Bertz CT molecular complexity index is 1220. The van der Waals surface area contributed by atoms with Crippen molar-refractivity contribution in [2.75, 3.05) is 5.75 Å². The fraction of sp³-hybridized carbons (Fsp3) is 0.150. The smallest absolute Gasteiger partial charge is 0.263 e. The molecule has 5 nitrogen and oxygen atoms in total. The zero-order valence-electron chi connectivity index (χ0n) is 15.1. The molecule has 0 aromatic carbocycles. The molecule has 0 bridgehead atoms. The van der Waals surface area contributed by atoms with Crippen molar-refractivity contribution < 1.29 is 4.79 Å². The third-order valence-electron chi connectivity index (χ3n) is 4.32. The van der Waals surface area contributed by atoms with Gasteiger partial charge in [0.1, 0.15) is 4.83 Å². The molecule has 0 saturated heterocycles. The number of nitrogens with zero attached hydrogens (tertiary/aromatic N) is 3. The monoisotopic (exact) mass is 427 g/mol. The van der Waals surface area contributed by atoms with E-state index in [9.17, 15) is 9.59 Å². The second-order valence-corrected chi connectivity index (χ2v) is 8.87. The van der Waals surface area contributed by atoms with E-state index in [0.717, 1.165) is 10.4 Å². The Morgan fingerprint density at radius 1 is 1.32 bits per heavy atom. The molecule has 0 aliphatic carbocycles. The second kappa shape index (κ2) is 7.90. The average Bonchev–Trinajstić information content (AvgIpc) is 3.42. The normalized spacial score (nSPS) is 11.2. The molecule has 0 amide bonds. The average molecular weight is 428 g/mol. The fourth-order valence-corrected chi connectivity index (χ4v) is 5.66. The van der Waals surface area contributed by atoms with Gasteiger partial charge in [-0.25, -0.2) is 4.98 Å². The molecule has 142 valence electrons. The molecule has 8 heteroatoms. The molecule has 0 fully saturated rings. The first-order chi connectivity index (χ1) is 13.6. The summed E-state index contributed by atoms with van der Waals surface area (Å²) in [6.45, 7) is 4.11. The quantitative estimate of drug-likeness (QED) is 0.186. The van der Waals surface area contributed by atoms with E-state index in [1.165, 1.54) is 23.1 Å². The first-order valence-electron chi connectivity index (χ1n) is 8.54. The lowest BCUT2D eigenvalue weighted by molar-refractivity contribution is 0.101. The molecular formula is C20H17N3O2S3. The molecule has 0 radical (unpaired) electrons. The van der Waals surface area contributed by atoms with Gasteiger partial charge in [-0.1, -0.05) is 23.9 Å². The van der Waals surface area contributed by atoms with Gasteiger partial charge in [-0.3, -0.25) is 14.2 Å². The van der Waals surface area contributed by atoms with Crippen LogP contribution in [0.2, 0.25) is 0 Å². The van der Waals surface area contributed by atoms with Crippen LogP contribution in [0.5, 0.6) is 0 Å². The van der Waals surface area contributed by atoms with Crippen LogP contribution in [0.3, 0.4) is 0 Å². The van der Waals surface area contributed by atoms with E-state index in [4.69, 9.17) is 4.98 Å². The number of Topliss-reactive ketones (excluding diaryl/α,β-unsaturated/α-hetero) is 1. The minimum absolute atomic E-state index is 0.00227. The van der Waals surface area contributed by atoms with Crippen LogP contribution in [0.1, 0.15) is 10.5 Å². The van der Waals surface area contributed by atoms with Gasteiger partial charge in [0, 0.05) is 35.6 Å². The number of ketones is 1. The van der Waals surface area contributed by atoms with Crippen LogP contribution in [0, 0.1) is 0 Å². The summed E-state index contributed by atoms with van der Waals surface area (Å²) >= 11 is 4.34. The summed E-state index contributed by atoms with van der Waals surface area (Å²) in [4.78, 5) is 32.2. The van der Waals surface area contributed by atoms with E-state index >= 15 is 0 Å². The summed E-state index contributed by atoms with van der Waals surface area (Å²) in [5, 5.41) is 5.15. The molecule has 0 atom stereocenters. The van der Waals surface area contributed by atoms with Crippen molar-refractivity contribution in [2.45, 2.75) is 11.7 Å². The number of fused-ring (bicyclic) bond motifs is 1. The topological polar surface area (TPSA) is 56.9 Å². The number of carbonyl (C=O) groups is 1. The van der Waals surface area contributed by atoms with Crippen molar-refractivity contribution in [2.24, 2.45) is 7.05 Å². The molecule has 0 spiro atoms. The summed E-state index contributed by atoms with van der Waals surface area (Å²) < 4.78 is 3.39. The van der Waals surface area contributed by atoms with Gasteiger partial charge >= 0.3 is 0 Å². The fourth-order valence-electron chi connectivity index (χ4n) is 2.97. The maximum atomic E-state index is 13.2. The number of allylic oxidation sites excluding steroid dienone is 1. The third kappa shape index (κ3) is 3.39. The van der Waals surface area contributed by atoms with Gasteiger partial charge in [-0.2, -0.15) is 0 Å². The number of hydrogen-bond acceptors (Lipinski definition) is 6. The van der Waals surface area contributed by atoms with Gasteiger partial charge in [0.25, 0.3) is 5.56 Å². The van der Waals surface area contributed by atoms with Gasteiger partial charge in [0.15, 0.2) is 10.9 Å². The molecule has 4 heterocycles. The van der Waals surface area contributed by atoms with Crippen molar-refractivity contribution >= 4 is 50.4 Å². The van der Waals surface area contributed by atoms with Crippen LogP contribution < -0.4 is 5.56 Å². The molecule has 0 aliphatic heterocycles. The van der Waals surface area contributed by atoms with Crippen molar-refractivity contribution in [1.82, 2.24) is 14.1 Å². The maximum absolute atomic E-state index is 13.2. The Hall–Kier alpha value is -2.42. The standard InChI is InChI=1S/C20H17N3O2S3/c1-3-8-23-19(25)17-13(16-7-5-10-26-16)11-27-18(17)21-20(23)28-12-15(24)14-6-4-9-22(14)2/h3-7,9-11H,1,8,12H2,2H3. The molecule has 4 aromatic rings. The van der Waals surface area contributed by atoms with Crippen LogP contribution in [0.4, 0.5) is 0 Å². The lowest BCUT2D eigenvalue weighted by atomic mass is 10.2. The predicted molar refractivity (Wildman–Crippen MR) is 118 cm³/mol. The summed E-state index contributed by atoms with van der Waals surface area (Å²) in [6, 6.07) is 7.61. The maximum Gasteiger partial charge on any atom is 0.263 e. The highest BCUT2D eigenvalue weighted by atomic mass is 32.2. The predicted octanol–water partition coefficient (Wildman–Crippen LogP) is 4.69. The van der Waals surface area contributed by atoms with Gasteiger partial charge < -0.3 is 4.57 Å². The zero-order chi connectivity index (χ0) is 19.7. The van der Waals surface area contributed by atoms with Crippen LogP contribution in [-0.4, -0.2) is 25.7 Å². The second-order valence-electron chi connectivity index (χ2n) is 6.12. The lowest BCUT2D eigenvalue weighted by Gasteiger charge is -2.10. The largest absolute Gasteiger partial charge is 0.348 e. The van der Waals surface area contributed by atoms with Crippen LogP contribution in [-0.2, 0) is 13.6 Å². The van der Waals surface area contributed by atoms with E-state index < -0.39 is 0 Å². The highest BCUT2D eigenvalue weighted by Gasteiger charge is 2.19. The summed E-state index contributed by atoms with van der Waals surface area (Å²) in [6.07, 6.45) is 3.52. The van der Waals surface area contributed by atoms with Gasteiger partial charge in [0.2, 0.25) is 0 Å². The number of hydrogen-bond donors (Lipinski definition) is 0. The van der Waals surface area contributed by atoms with E-state index in [-0.39, 0.29) is 17.1 Å². The van der Waals surface area contributed by atoms with E-state index in [1.807, 2.05) is 42.2 Å². The Kier molecular flexibility index (Phi) is 5.34. The van der Waals surface area contributed by atoms with Crippen molar-refractivity contribution in [1.29, 1.82) is 0 Å². The minimum atomic E-state index is -0.0941. The van der Waals surface area contributed by atoms with Crippen molar-refractivity contribution in [3.63, 3.8) is 0 Å². The van der Waals surface area contributed by atoms with Gasteiger partial charge in [-0.05, 0) is 23.6 Å².